The van der Waals surface area contributed by atoms with Crippen LogP contribution in [0.5, 0.6) is 0 Å². The van der Waals surface area contributed by atoms with Gasteiger partial charge in [0.05, 0.1) is 17.0 Å². The summed E-state index contributed by atoms with van der Waals surface area (Å²) in [6.07, 6.45) is 0.0545. The molecule has 1 aromatic carbocycles. The van der Waals surface area contributed by atoms with E-state index < -0.39 is 4.92 Å². The second-order valence-electron chi connectivity index (χ2n) is 6.66. The summed E-state index contributed by atoms with van der Waals surface area (Å²) in [4.78, 5) is 31.8. The summed E-state index contributed by atoms with van der Waals surface area (Å²) < 4.78 is 1.62. The average molecular weight is 415 g/mol. The Morgan fingerprint density at radius 2 is 1.83 bits per heavy atom. The lowest BCUT2D eigenvalue weighted by Gasteiger charge is -2.07. The third-order valence-electron chi connectivity index (χ3n) is 4.37. The van der Waals surface area contributed by atoms with Crippen LogP contribution >= 0.6 is 11.6 Å². The number of nitro benzene ring substituents is 1. The number of carbonyl (C=O) groups excluding carboxylic acids is 1. The summed E-state index contributed by atoms with van der Waals surface area (Å²) >= 11 is 5.81. The number of nitro groups is 1. The first-order valence-corrected chi connectivity index (χ1v) is 9.15. The highest BCUT2D eigenvalue weighted by Gasteiger charge is 2.19. The molecule has 0 saturated carbocycles. The van der Waals surface area contributed by atoms with Gasteiger partial charge in [0.2, 0.25) is 5.91 Å². The Balaban J connectivity index is 1.84. The van der Waals surface area contributed by atoms with Crippen LogP contribution in [-0.4, -0.2) is 30.6 Å². The van der Waals surface area contributed by atoms with Crippen molar-refractivity contribution in [3.8, 4) is 5.95 Å². The zero-order chi connectivity index (χ0) is 21.3. The minimum absolute atomic E-state index is 0.00872. The molecule has 2 heterocycles. The summed E-state index contributed by atoms with van der Waals surface area (Å²) in [5, 5.41) is 18.2. The van der Waals surface area contributed by atoms with E-state index in [4.69, 9.17) is 11.6 Å². The van der Waals surface area contributed by atoms with Crippen molar-refractivity contribution in [2.24, 2.45) is 0 Å². The molecule has 0 radical (unpaired) electrons. The first-order chi connectivity index (χ1) is 13.7. The van der Waals surface area contributed by atoms with Crippen molar-refractivity contribution in [3.05, 3.63) is 67.7 Å². The van der Waals surface area contributed by atoms with E-state index >= 15 is 0 Å². The van der Waals surface area contributed by atoms with Crippen LogP contribution < -0.4 is 5.32 Å². The van der Waals surface area contributed by atoms with Crippen molar-refractivity contribution in [3.63, 3.8) is 0 Å². The molecule has 2 aromatic heterocycles. The van der Waals surface area contributed by atoms with Gasteiger partial charge in [-0.1, -0.05) is 11.6 Å². The number of hydrogen-bond acceptors (Lipinski definition) is 6. The molecule has 0 aliphatic heterocycles. The van der Waals surface area contributed by atoms with Crippen LogP contribution in [0.2, 0.25) is 5.02 Å². The Hall–Kier alpha value is -3.33. The van der Waals surface area contributed by atoms with E-state index in [0.717, 1.165) is 22.6 Å². The minimum atomic E-state index is -0.597. The normalized spacial score (nSPS) is 10.8. The van der Waals surface area contributed by atoms with Crippen LogP contribution in [0.1, 0.15) is 28.3 Å². The quantitative estimate of drug-likeness (QED) is 0.503. The molecule has 1 amide bonds. The molecule has 0 aliphatic carbocycles. The molecule has 3 rings (SSSR count). The van der Waals surface area contributed by atoms with Crippen LogP contribution in [0.15, 0.2) is 24.3 Å². The fourth-order valence-electron chi connectivity index (χ4n) is 3.02. The number of carbonyl (C=O) groups is 1. The Morgan fingerprint density at radius 3 is 2.45 bits per heavy atom. The highest BCUT2D eigenvalue weighted by molar-refractivity contribution is 6.32. The van der Waals surface area contributed by atoms with Gasteiger partial charge < -0.3 is 5.32 Å². The van der Waals surface area contributed by atoms with Crippen molar-refractivity contribution >= 4 is 28.9 Å². The summed E-state index contributed by atoms with van der Waals surface area (Å²) in [6, 6.07) is 5.99. The number of amides is 1. The molecule has 0 bridgehead atoms. The molecular formula is C19H19ClN6O3. The molecular weight excluding hydrogens is 396 g/mol. The van der Waals surface area contributed by atoms with Gasteiger partial charge in [0.15, 0.2) is 0 Å². The summed E-state index contributed by atoms with van der Waals surface area (Å²) in [7, 11) is 0. The predicted molar refractivity (Wildman–Crippen MR) is 109 cm³/mol. The highest BCUT2D eigenvalue weighted by Crippen LogP contribution is 2.27. The number of aryl methyl sites for hydroxylation is 3. The van der Waals surface area contributed by atoms with Gasteiger partial charge >= 0.3 is 0 Å². The molecule has 1 N–H and O–H groups in total. The van der Waals surface area contributed by atoms with Gasteiger partial charge in [-0.15, -0.1) is 0 Å². The molecule has 29 heavy (non-hydrogen) atoms. The van der Waals surface area contributed by atoms with Gasteiger partial charge in [0.25, 0.3) is 11.6 Å². The van der Waals surface area contributed by atoms with E-state index in [9.17, 15) is 14.9 Å². The van der Waals surface area contributed by atoms with Gasteiger partial charge in [-0.3, -0.25) is 14.9 Å². The lowest BCUT2D eigenvalue weighted by Crippen LogP contribution is -2.15. The van der Waals surface area contributed by atoms with Crippen LogP contribution in [0.3, 0.4) is 0 Å². The van der Waals surface area contributed by atoms with Gasteiger partial charge in [-0.05, 0) is 45.9 Å². The van der Waals surface area contributed by atoms with Crippen LogP contribution in [0, 0.1) is 37.8 Å². The smallest absolute Gasteiger partial charge is 0.289 e. The van der Waals surface area contributed by atoms with Crippen LogP contribution in [0.4, 0.5) is 11.4 Å². The molecule has 10 heteroatoms. The van der Waals surface area contributed by atoms with Crippen molar-refractivity contribution in [1.29, 1.82) is 0 Å². The largest absolute Gasteiger partial charge is 0.326 e. The number of hydrogen-bond donors (Lipinski definition) is 1. The van der Waals surface area contributed by atoms with Crippen LogP contribution in [0.25, 0.3) is 5.95 Å². The van der Waals surface area contributed by atoms with Gasteiger partial charge in [-0.25, -0.2) is 14.6 Å². The summed E-state index contributed by atoms with van der Waals surface area (Å²) in [6.45, 7) is 7.41. The molecule has 3 aromatic rings. The number of benzene rings is 1. The number of anilines is 1. The molecule has 0 spiro atoms. The molecule has 0 atom stereocenters. The van der Waals surface area contributed by atoms with E-state index in [-0.39, 0.29) is 23.0 Å². The number of halogens is 1. The highest BCUT2D eigenvalue weighted by atomic mass is 35.5. The molecule has 150 valence electrons. The van der Waals surface area contributed by atoms with E-state index in [1.807, 2.05) is 33.8 Å². The molecule has 0 saturated heterocycles. The SMILES string of the molecule is Cc1cc(C)nc(-n2nc(C)c(CC(=O)Nc3ccc(Cl)c([N+](=O)[O-])c3)c2C)n1. The van der Waals surface area contributed by atoms with Crippen molar-refractivity contribution in [2.75, 3.05) is 5.32 Å². The van der Waals surface area contributed by atoms with E-state index in [2.05, 4.69) is 20.4 Å². The third kappa shape index (κ3) is 4.40. The second kappa shape index (κ2) is 7.96. The first-order valence-electron chi connectivity index (χ1n) is 8.77. The number of nitrogens with one attached hydrogen (secondary N) is 1. The second-order valence-corrected chi connectivity index (χ2v) is 7.07. The molecule has 0 fully saturated rings. The average Bonchev–Trinajstić information content (AvgIpc) is 2.90. The third-order valence-corrected chi connectivity index (χ3v) is 4.68. The Morgan fingerprint density at radius 1 is 1.17 bits per heavy atom. The predicted octanol–water partition coefficient (Wildman–Crippen LogP) is 3.64. The number of rotatable bonds is 5. The van der Waals surface area contributed by atoms with Crippen molar-refractivity contribution < 1.29 is 9.72 Å². The fourth-order valence-corrected chi connectivity index (χ4v) is 3.21. The van der Waals surface area contributed by atoms with Gasteiger partial charge in [0.1, 0.15) is 5.02 Å². The topological polar surface area (TPSA) is 116 Å². The lowest BCUT2D eigenvalue weighted by molar-refractivity contribution is -0.384. The Bertz CT molecular complexity index is 1110. The summed E-state index contributed by atoms with van der Waals surface area (Å²) in [5.74, 6) is 0.122. The van der Waals surface area contributed by atoms with E-state index in [0.29, 0.717) is 17.3 Å². The van der Waals surface area contributed by atoms with Gasteiger partial charge in [0, 0.05) is 34.4 Å². The zero-order valence-corrected chi connectivity index (χ0v) is 17.1. The number of aromatic nitrogens is 4. The maximum Gasteiger partial charge on any atom is 0.289 e. The molecule has 9 nitrogen and oxygen atoms in total. The minimum Gasteiger partial charge on any atom is -0.326 e. The Labute approximate surface area is 171 Å². The maximum atomic E-state index is 12.5. The lowest BCUT2D eigenvalue weighted by atomic mass is 10.1. The first kappa shape index (κ1) is 20.4. The molecule has 0 unspecified atom stereocenters. The van der Waals surface area contributed by atoms with E-state index in [1.54, 1.807) is 4.68 Å². The van der Waals surface area contributed by atoms with Crippen LogP contribution in [-0.2, 0) is 11.2 Å². The standard InChI is InChI=1S/C19H19ClN6O3/c1-10-7-11(2)22-19(21-10)25-13(4)15(12(3)24-25)9-18(27)23-14-5-6-16(20)17(8-14)26(28)29/h5-8H,9H2,1-4H3,(H,23,27). The monoisotopic (exact) mass is 414 g/mol. The molecule has 0 aliphatic rings. The number of nitrogens with zero attached hydrogens (tertiary/aromatic N) is 5. The fraction of sp³-hybridized carbons (Fsp3) is 0.263. The summed E-state index contributed by atoms with van der Waals surface area (Å²) in [5.41, 5.74) is 3.86. The zero-order valence-electron chi connectivity index (χ0n) is 16.4. The Kier molecular flexibility index (Phi) is 5.60. The maximum absolute atomic E-state index is 12.5. The van der Waals surface area contributed by atoms with Crippen molar-refractivity contribution in [2.45, 2.75) is 34.1 Å². The van der Waals surface area contributed by atoms with E-state index in [1.165, 1.54) is 18.2 Å². The van der Waals surface area contributed by atoms with Gasteiger partial charge in [-0.2, -0.15) is 5.10 Å². The van der Waals surface area contributed by atoms with Crippen molar-refractivity contribution in [1.82, 2.24) is 19.7 Å².